The van der Waals surface area contributed by atoms with Gasteiger partial charge in [0.15, 0.2) is 0 Å². The van der Waals surface area contributed by atoms with E-state index in [0.29, 0.717) is 4.88 Å². The number of halogens is 3. The summed E-state index contributed by atoms with van der Waals surface area (Å²) in [6, 6.07) is 14.7. The molecule has 1 heterocycles. The van der Waals surface area contributed by atoms with Gasteiger partial charge in [0.1, 0.15) is 11.5 Å². The maximum absolute atomic E-state index is 13.4. The number of para-hydroxylation sites is 1. The van der Waals surface area contributed by atoms with Gasteiger partial charge < -0.3 is 5.11 Å². The van der Waals surface area contributed by atoms with Gasteiger partial charge in [-0.05, 0) is 35.2 Å². The van der Waals surface area contributed by atoms with Crippen LogP contribution in [0.5, 0.6) is 5.75 Å². The van der Waals surface area contributed by atoms with Crippen molar-refractivity contribution in [1.29, 1.82) is 0 Å². The predicted octanol–water partition coefficient (Wildman–Crippen LogP) is 5.36. The van der Waals surface area contributed by atoms with Crippen molar-refractivity contribution in [2.24, 2.45) is 5.10 Å². The van der Waals surface area contributed by atoms with E-state index in [1.807, 2.05) is 29.7 Å². The van der Waals surface area contributed by atoms with Crippen LogP contribution in [0.3, 0.4) is 0 Å². The average Bonchev–Trinajstić information content (AvgIpc) is 3.08. The number of nitrogens with zero attached hydrogens (tertiary/aromatic N) is 1. The summed E-state index contributed by atoms with van der Waals surface area (Å²) in [6.07, 6.45) is -5.32. The molecule has 1 aromatic heterocycles. The Kier molecular flexibility index (Phi) is 5.51. The first-order valence-corrected chi connectivity index (χ1v) is 8.96. The van der Waals surface area contributed by atoms with Crippen LogP contribution >= 0.6 is 11.3 Å². The number of nitrogens with one attached hydrogen (secondary N) is 1. The molecule has 0 unspecified atom stereocenters. The number of hydrogen-bond donors (Lipinski definition) is 2. The van der Waals surface area contributed by atoms with Gasteiger partial charge in [-0.25, -0.2) is 5.43 Å². The van der Waals surface area contributed by atoms with Crippen LogP contribution in [0.15, 0.2) is 66.3 Å². The van der Waals surface area contributed by atoms with Gasteiger partial charge in [0, 0.05) is 16.0 Å². The molecule has 0 radical (unpaired) electrons. The Balaban J connectivity index is 1.80. The first-order valence-electron chi connectivity index (χ1n) is 8.14. The molecule has 1 amide bonds. The molecule has 4 nitrogen and oxygen atoms in total. The average molecular weight is 404 g/mol. The number of thiophene rings is 1. The van der Waals surface area contributed by atoms with Crippen LogP contribution in [0.4, 0.5) is 13.2 Å². The summed E-state index contributed by atoms with van der Waals surface area (Å²) in [5.74, 6) is -1.29. The normalized spacial score (nSPS) is 12.2. The Labute approximate surface area is 162 Å². The molecule has 0 aliphatic heterocycles. The maximum Gasteiger partial charge on any atom is 0.431 e. The minimum absolute atomic E-state index is 0.170. The highest BCUT2D eigenvalue weighted by Gasteiger charge is 2.36. The molecule has 0 fully saturated rings. The Morgan fingerprint density at radius 1 is 1.14 bits per heavy atom. The highest BCUT2D eigenvalue weighted by molar-refractivity contribution is 7.20. The number of phenols is 1. The van der Waals surface area contributed by atoms with Gasteiger partial charge in [-0.15, -0.1) is 11.3 Å². The minimum Gasteiger partial charge on any atom is -0.507 e. The largest absolute Gasteiger partial charge is 0.507 e. The second-order valence-electron chi connectivity index (χ2n) is 5.94. The summed E-state index contributed by atoms with van der Waals surface area (Å²) in [4.78, 5) is 12.6. The minimum atomic E-state index is -4.74. The Morgan fingerprint density at radius 3 is 2.50 bits per heavy atom. The lowest BCUT2D eigenvalue weighted by atomic mass is 10.1. The fraction of sp³-hybridized carbons (Fsp3) is 0.100. The van der Waals surface area contributed by atoms with E-state index in [0.717, 1.165) is 10.1 Å². The molecule has 0 bridgehead atoms. The summed E-state index contributed by atoms with van der Waals surface area (Å²) in [6.45, 7) is 3.75. The van der Waals surface area contributed by atoms with E-state index in [4.69, 9.17) is 0 Å². The van der Waals surface area contributed by atoms with E-state index in [-0.39, 0.29) is 16.9 Å². The SMILES string of the molecule is C=C(C/C(=N/NC(=O)c1ccccc1O)C(F)(F)F)c1cc2ccccc2s1. The second kappa shape index (κ2) is 7.85. The van der Waals surface area contributed by atoms with Crippen molar-refractivity contribution in [3.8, 4) is 5.75 Å². The molecular formula is C20H15F3N2O2S. The monoisotopic (exact) mass is 404 g/mol. The zero-order valence-corrected chi connectivity index (χ0v) is 15.3. The van der Waals surface area contributed by atoms with E-state index in [1.54, 1.807) is 6.07 Å². The number of alkyl halides is 3. The molecular weight excluding hydrogens is 389 g/mol. The zero-order chi connectivity index (χ0) is 20.3. The first-order chi connectivity index (χ1) is 13.3. The molecule has 0 saturated heterocycles. The van der Waals surface area contributed by atoms with E-state index in [1.165, 1.54) is 35.6 Å². The summed E-state index contributed by atoms with van der Waals surface area (Å²) in [7, 11) is 0. The third-order valence-corrected chi connectivity index (χ3v) is 5.14. The van der Waals surface area contributed by atoms with Gasteiger partial charge in [-0.1, -0.05) is 36.9 Å². The number of allylic oxidation sites excluding steroid dienone is 1. The van der Waals surface area contributed by atoms with Crippen LogP contribution in [-0.2, 0) is 0 Å². The van der Waals surface area contributed by atoms with Crippen molar-refractivity contribution in [2.45, 2.75) is 12.6 Å². The molecule has 0 aliphatic carbocycles. The summed E-state index contributed by atoms with van der Waals surface area (Å²) in [5.41, 5.74) is 0.754. The predicted molar refractivity (Wildman–Crippen MR) is 105 cm³/mol. The molecule has 3 aromatic rings. The maximum atomic E-state index is 13.4. The number of hydrazone groups is 1. The van der Waals surface area contributed by atoms with Crippen LogP contribution in [-0.4, -0.2) is 22.9 Å². The summed E-state index contributed by atoms with van der Waals surface area (Å²) >= 11 is 1.34. The van der Waals surface area contributed by atoms with E-state index < -0.39 is 24.2 Å². The number of benzene rings is 2. The Morgan fingerprint density at radius 2 is 1.82 bits per heavy atom. The van der Waals surface area contributed by atoms with E-state index in [9.17, 15) is 23.1 Å². The topological polar surface area (TPSA) is 61.7 Å². The molecule has 0 atom stereocenters. The number of carbonyl (C=O) groups excluding carboxylic acids is 1. The van der Waals surface area contributed by atoms with E-state index >= 15 is 0 Å². The standard InChI is InChI=1S/C20H15F3N2O2S/c1-12(17-11-13-6-2-5-9-16(13)28-17)10-18(20(21,22)23)24-25-19(27)14-7-3-4-8-15(14)26/h2-9,11,26H,1,10H2,(H,25,27)/b24-18-. The molecule has 28 heavy (non-hydrogen) atoms. The molecule has 0 aliphatic rings. The van der Waals surface area contributed by atoms with Crippen LogP contribution in [0.25, 0.3) is 15.7 Å². The van der Waals surface area contributed by atoms with Gasteiger partial charge in [0.2, 0.25) is 0 Å². The lowest BCUT2D eigenvalue weighted by Gasteiger charge is -2.12. The van der Waals surface area contributed by atoms with Crippen molar-refractivity contribution >= 4 is 38.6 Å². The Hall–Kier alpha value is -3.13. The second-order valence-corrected chi connectivity index (χ2v) is 7.03. The van der Waals surface area contributed by atoms with Crippen molar-refractivity contribution in [3.63, 3.8) is 0 Å². The molecule has 8 heteroatoms. The lowest BCUT2D eigenvalue weighted by Crippen LogP contribution is -2.28. The quantitative estimate of drug-likeness (QED) is 0.444. The van der Waals surface area contributed by atoms with Gasteiger partial charge in [-0.2, -0.15) is 18.3 Å². The van der Waals surface area contributed by atoms with Crippen molar-refractivity contribution < 1.29 is 23.1 Å². The molecule has 0 saturated carbocycles. The lowest BCUT2D eigenvalue weighted by molar-refractivity contribution is -0.0602. The molecule has 2 aromatic carbocycles. The van der Waals surface area contributed by atoms with Crippen LogP contribution in [0.1, 0.15) is 21.7 Å². The fourth-order valence-electron chi connectivity index (χ4n) is 2.49. The van der Waals surface area contributed by atoms with E-state index in [2.05, 4.69) is 11.7 Å². The third-order valence-electron chi connectivity index (χ3n) is 3.92. The number of amides is 1. The first kappa shape index (κ1) is 19.6. The number of fused-ring (bicyclic) bond motifs is 1. The van der Waals surface area contributed by atoms with Crippen molar-refractivity contribution in [2.75, 3.05) is 0 Å². The number of phenolic OH excluding ortho intramolecular Hbond substituents is 1. The van der Waals surface area contributed by atoms with Crippen LogP contribution < -0.4 is 5.43 Å². The van der Waals surface area contributed by atoms with Crippen molar-refractivity contribution in [3.05, 3.63) is 71.6 Å². The molecule has 0 spiro atoms. The summed E-state index contributed by atoms with van der Waals surface area (Å²) in [5, 5.41) is 13.8. The van der Waals surface area contributed by atoms with Crippen LogP contribution in [0.2, 0.25) is 0 Å². The number of aromatic hydroxyl groups is 1. The highest BCUT2D eigenvalue weighted by Crippen LogP contribution is 2.33. The van der Waals surface area contributed by atoms with Gasteiger partial charge in [0.05, 0.1) is 5.56 Å². The van der Waals surface area contributed by atoms with Crippen LogP contribution in [0, 0.1) is 0 Å². The number of hydrogen-bond acceptors (Lipinski definition) is 4. The molecule has 3 rings (SSSR count). The molecule has 2 N–H and O–H groups in total. The van der Waals surface area contributed by atoms with Gasteiger partial charge in [-0.3, -0.25) is 4.79 Å². The van der Waals surface area contributed by atoms with Gasteiger partial charge >= 0.3 is 6.18 Å². The number of rotatable bonds is 5. The zero-order valence-electron chi connectivity index (χ0n) is 14.5. The smallest absolute Gasteiger partial charge is 0.431 e. The van der Waals surface area contributed by atoms with Gasteiger partial charge in [0.25, 0.3) is 5.91 Å². The summed E-state index contributed by atoms with van der Waals surface area (Å²) < 4.78 is 41.0. The highest BCUT2D eigenvalue weighted by atomic mass is 32.1. The Bertz CT molecular complexity index is 1040. The molecule has 144 valence electrons. The number of carbonyl (C=O) groups is 1. The third kappa shape index (κ3) is 4.40. The fourth-order valence-corrected chi connectivity index (χ4v) is 3.52. The van der Waals surface area contributed by atoms with Crippen molar-refractivity contribution in [1.82, 2.24) is 5.43 Å².